The predicted octanol–water partition coefficient (Wildman–Crippen LogP) is 1.86. The molecule has 1 N–H and O–H groups in total. The maximum Gasteiger partial charge on any atom is 0.436 e. The average Bonchev–Trinajstić information content (AvgIpc) is 2.45. The third kappa shape index (κ3) is 1.64. The fourth-order valence-corrected chi connectivity index (χ4v) is 0.959. The highest BCUT2D eigenvalue weighted by atomic mass is 19.4. The normalized spacial score (nSPS) is 11.3. The number of nitrogens with one attached hydrogen (secondary N) is 1. The van der Waals surface area contributed by atoms with Crippen LogP contribution in [0.2, 0.25) is 0 Å². The van der Waals surface area contributed by atoms with Crippen molar-refractivity contribution < 1.29 is 13.2 Å². The summed E-state index contributed by atoms with van der Waals surface area (Å²) in [5, 5.41) is 13.7. The molecular formula is C7H6F3N3. The second kappa shape index (κ2) is 3.09. The van der Waals surface area contributed by atoms with E-state index in [0.29, 0.717) is 6.42 Å². The van der Waals surface area contributed by atoms with Crippen LogP contribution in [0.1, 0.15) is 23.9 Å². The molecule has 0 saturated carbocycles. The van der Waals surface area contributed by atoms with E-state index in [1.54, 1.807) is 6.92 Å². The first kappa shape index (κ1) is 9.58. The van der Waals surface area contributed by atoms with Gasteiger partial charge in [0.15, 0.2) is 5.69 Å². The zero-order valence-corrected chi connectivity index (χ0v) is 6.74. The largest absolute Gasteiger partial charge is 0.436 e. The molecule has 1 aromatic heterocycles. The molecule has 0 unspecified atom stereocenters. The minimum Gasteiger partial charge on any atom is -0.281 e. The summed E-state index contributed by atoms with van der Waals surface area (Å²) in [6, 6.07) is 1.49. The SMILES string of the molecule is CCc1[nH]nc(C(F)(F)F)c1C#N. The van der Waals surface area contributed by atoms with Crippen molar-refractivity contribution in [2.24, 2.45) is 0 Å². The van der Waals surface area contributed by atoms with Crippen molar-refractivity contribution in [1.82, 2.24) is 10.2 Å². The maximum atomic E-state index is 12.2. The van der Waals surface area contributed by atoms with Crippen molar-refractivity contribution in [3.05, 3.63) is 17.0 Å². The van der Waals surface area contributed by atoms with Crippen molar-refractivity contribution in [3.63, 3.8) is 0 Å². The summed E-state index contributed by atoms with van der Waals surface area (Å²) < 4.78 is 36.5. The van der Waals surface area contributed by atoms with Crippen LogP contribution >= 0.6 is 0 Å². The van der Waals surface area contributed by atoms with Gasteiger partial charge in [-0.05, 0) is 6.42 Å². The van der Waals surface area contributed by atoms with E-state index in [9.17, 15) is 13.2 Å². The van der Waals surface area contributed by atoms with E-state index in [4.69, 9.17) is 5.26 Å². The molecule has 1 aromatic rings. The number of hydrogen-bond donors (Lipinski definition) is 1. The number of H-pyrrole nitrogens is 1. The van der Waals surface area contributed by atoms with Crippen LogP contribution in [0, 0.1) is 11.3 Å². The molecule has 0 saturated heterocycles. The monoisotopic (exact) mass is 189 g/mol. The Kier molecular flexibility index (Phi) is 2.28. The molecule has 0 fully saturated rings. The van der Waals surface area contributed by atoms with Crippen molar-refractivity contribution in [3.8, 4) is 6.07 Å². The third-order valence-corrected chi connectivity index (χ3v) is 1.58. The topological polar surface area (TPSA) is 52.5 Å². The second-order valence-corrected chi connectivity index (χ2v) is 2.39. The highest BCUT2D eigenvalue weighted by molar-refractivity contribution is 5.38. The Morgan fingerprint density at radius 3 is 2.54 bits per heavy atom. The standard InChI is InChI=1S/C7H6F3N3/c1-2-5-4(3-11)6(13-12-5)7(8,9)10/h2H2,1H3,(H,12,13). The van der Waals surface area contributed by atoms with Gasteiger partial charge in [0.25, 0.3) is 0 Å². The maximum absolute atomic E-state index is 12.2. The highest BCUT2D eigenvalue weighted by Crippen LogP contribution is 2.31. The first-order chi connectivity index (χ1) is 6.00. The zero-order chi connectivity index (χ0) is 10.1. The molecule has 0 aliphatic heterocycles. The fourth-order valence-electron chi connectivity index (χ4n) is 0.959. The van der Waals surface area contributed by atoms with Crippen LogP contribution in [0.25, 0.3) is 0 Å². The van der Waals surface area contributed by atoms with Gasteiger partial charge in [-0.2, -0.15) is 23.5 Å². The first-order valence-electron chi connectivity index (χ1n) is 3.55. The summed E-state index contributed by atoms with van der Waals surface area (Å²) in [5.41, 5.74) is -1.32. The summed E-state index contributed by atoms with van der Waals surface area (Å²) in [7, 11) is 0. The smallest absolute Gasteiger partial charge is 0.281 e. The minimum absolute atomic E-state index is 0.217. The molecule has 6 heteroatoms. The molecule has 0 aromatic carbocycles. The summed E-state index contributed by atoms with van der Waals surface area (Å²) in [6.07, 6.45) is -4.24. The van der Waals surface area contributed by atoms with Crippen LogP contribution in [0.5, 0.6) is 0 Å². The van der Waals surface area contributed by atoms with Gasteiger partial charge in [0, 0.05) is 0 Å². The van der Waals surface area contributed by atoms with Crippen LogP contribution in [0.4, 0.5) is 13.2 Å². The van der Waals surface area contributed by atoms with Gasteiger partial charge >= 0.3 is 6.18 Å². The number of aryl methyl sites for hydroxylation is 1. The van der Waals surface area contributed by atoms with E-state index in [0.717, 1.165) is 0 Å². The number of aromatic amines is 1. The molecule has 0 spiro atoms. The van der Waals surface area contributed by atoms with Crippen LogP contribution in [-0.2, 0) is 12.6 Å². The molecule has 0 radical (unpaired) electrons. The van der Waals surface area contributed by atoms with Crippen LogP contribution in [0.3, 0.4) is 0 Å². The Hall–Kier alpha value is -1.51. The van der Waals surface area contributed by atoms with Gasteiger partial charge in [-0.3, -0.25) is 5.10 Å². The fraction of sp³-hybridized carbons (Fsp3) is 0.429. The number of halogens is 3. The molecule has 0 amide bonds. The first-order valence-corrected chi connectivity index (χ1v) is 3.55. The van der Waals surface area contributed by atoms with Crippen molar-refractivity contribution in [2.45, 2.75) is 19.5 Å². The Morgan fingerprint density at radius 1 is 1.54 bits per heavy atom. The third-order valence-electron chi connectivity index (χ3n) is 1.58. The molecule has 1 heterocycles. The molecule has 0 atom stereocenters. The Balaban J connectivity index is 3.26. The minimum atomic E-state index is -4.56. The molecular weight excluding hydrogens is 183 g/mol. The van der Waals surface area contributed by atoms with Gasteiger partial charge in [0.2, 0.25) is 0 Å². The van der Waals surface area contributed by atoms with Gasteiger partial charge in [0.05, 0.1) is 5.69 Å². The second-order valence-electron chi connectivity index (χ2n) is 2.39. The van der Waals surface area contributed by atoms with E-state index in [2.05, 4.69) is 10.2 Å². The quantitative estimate of drug-likeness (QED) is 0.733. The molecule has 70 valence electrons. The lowest BCUT2D eigenvalue weighted by atomic mass is 10.1. The lowest BCUT2D eigenvalue weighted by molar-refractivity contribution is -0.141. The Morgan fingerprint density at radius 2 is 2.15 bits per heavy atom. The van der Waals surface area contributed by atoms with E-state index < -0.39 is 17.4 Å². The van der Waals surface area contributed by atoms with Gasteiger partial charge in [0.1, 0.15) is 11.6 Å². The van der Waals surface area contributed by atoms with Gasteiger partial charge < -0.3 is 0 Å². The predicted molar refractivity (Wildman–Crippen MR) is 37.7 cm³/mol. The Bertz CT molecular complexity index is 345. The van der Waals surface area contributed by atoms with Gasteiger partial charge in [-0.1, -0.05) is 6.92 Å². The van der Waals surface area contributed by atoms with E-state index >= 15 is 0 Å². The van der Waals surface area contributed by atoms with E-state index in [-0.39, 0.29) is 5.69 Å². The van der Waals surface area contributed by atoms with Crippen molar-refractivity contribution in [2.75, 3.05) is 0 Å². The number of nitriles is 1. The average molecular weight is 189 g/mol. The van der Waals surface area contributed by atoms with Crippen LogP contribution in [-0.4, -0.2) is 10.2 Å². The Labute approximate surface area is 72.2 Å². The summed E-state index contributed by atoms with van der Waals surface area (Å²) in [5.74, 6) is 0. The molecule has 13 heavy (non-hydrogen) atoms. The van der Waals surface area contributed by atoms with E-state index in [1.807, 2.05) is 0 Å². The van der Waals surface area contributed by atoms with Crippen LogP contribution in [0.15, 0.2) is 0 Å². The number of alkyl halides is 3. The molecule has 3 nitrogen and oxygen atoms in total. The lowest BCUT2D eigenvalue weighted by Crippen LogP contribution is -2.07. The molecule has 1 rings (SSSR count). The van der Waals surface area contributed by atoms with Gasteiger partial charge in [-0.15, -0.1) is 0 Å². The summed E-state index contributed by atoms with van der Waals surface area (Å²) in [4.78, 5) is 0. The van der Waals surface area contributed by atoms with Gasteiger partial charge in [-0.25, -0.2) is 0 Å². The lowest BCUT2D eigenvalue weighted by Gasteiger charge is -2.01. The number of hydrogen-bond acceptors (Lipinski definition) is 2. The number of nitrogens with zero attached hydrogens (tertiary/aromatic N) is 2. The highest BCUT2D eigenvalue weighted by Gasteiger charge is 2.37. The number of aromatic nitrogens is 2. The summed E-state index contributed by atoms with van der Waals surface area (Å²) in [6.45, 7) is 1.65. The zero-order valence-electron chi connectivity index (χ0n) is 6.74. The molecule has 0 aliphatic carbocycles. The number of rotatable bonds is 1. The van der Waals surface area contributed by atoms with Crippen molar-refractivity contribution in [1.29, 1.82) is 5.26 Å². The summed E-state index contributed by atoms with van der Waals surface area (Å²) >= 11 is 0. The molecule has 0 bridgehead atoms. The van der Waals surface area contributed by atoms with E-state index in [1.165, 1.54) is 6.07 Å². The molecule has 0 aliphatic rings. The van der Waals surface area contributed by atoms with Crippen molar-refractivity contribution >= 4 is 0 Å². The van der Waals surface area contributed by atoms with Crippen LogP contribution < -0.4 is 0 Å².